The first-order valence-corrected chi connectivity index (χ1v) is 10.6. The fourth-order valence-electron chi connectivity index (χ4n) is 5.57. The number of anilines is 1. The minimum atomic E-state index is -0.494. The van der Waals surface area contributed by atoms with E-state index in [1.807, 2.05) is 49.4 Å². The first-order chi connectivity index (χ1) is 15.0. The van der Waals surface area contributed by atoms with Gasteiger partial charge in [0.1, 0.15) is 12.5 Å². The van der Waals surface area contributed by atoms with Crippen LogP contribution in [0.5, 0.6) is 5.75 Å². The number of methoxy groups -OCH3 is 2. The molecule has 31 heavy (non-hydrogen) atoms. The molecule has 3 unspecified atom stereocenters. The van der Waals surface area contributed by atoms with Crippen molar-refractivity contribution in [1.82, 2.24) is 4.57 Å². The molecule has 3 aromatic rings. The molecule has 160 valence electrons. The molecule has 5 rings (SSSR count). The number of carbonyl (C=O) groups excluding carboxylic acids is 2. The molecule has 0 saturated carbocycles. The Labute approximate surface area is 181 Å². The molecule has 0 spiro atoms. The smallest absolute Gasteiger partial charge is 0.242 e. The zero-order valence-electron chi connectivity index (χ0n) is 18.2. The average molecular weight is 418 g/mol. The summed E-state index contributed by atoms with van der Waals surface area (Å²) in [6.07, 6.45) is 0.641. The van der Waals surface area contributed by atoms with Gasteiger partial charge < -0.3 is 14.0 Å². The van der Waals surface area contributed by atoms with Crippen molar-refractivity contribution in [3.63, 3.8) is 0 Å². The van der Waals surface area contributed by atoms with E-state index in [0.29, 0.717) is 18.8 Å². The summed E-state index contributed by atoms with van der Waals surface area (Å²) >= 11 is 0. The lowest BCUT2D eigenvalue weighted by Gasteiger charge is -2.29. The van der Waals surface area contributed by atoms with Crippen LogP contribution >= 0.6 is 0 Å². The van der Waals surface area contributed by atoms with Crippen LogP contribution in [0, 0.1) is 12.8 Å². The topological polar surface area (TPSA) is 60.8 Å². The summed E-state index contributed by atoms with van der Waals surface area (Å²) in [5.74, 6) is -0.239. The Morgan fingerprint density at radius 1 is 1.06 bits per heavy atom. The van der Waals surface area contributed by atoms with Crippen LogP contribution in [0.25, 0.3) is 10.9 Å². The van der Waals surface area contributed by atoms with E-state index in [-0.39, 0.29) is 23.7 Å². The van der Waals surface area contributed by atoms with E-state index < -0.39 is 5.92 Å². The average Bonchev–Trinajstić information content (AvgIpc) is 3.21. The number of rotatable bonds is 4. The SMILES string of the molecule is COCn1c2c(c3cc(OC)cc(C)c31)C1C(=O)N(c3ccccc3)C(=O)C1CC2C. The zero-order valence-corrected chi connectivity index (χ0v) is 18.2. The summed E-state index contributed by atoms with van der Waals surface area (Å²) in [5.41, 5.74) is 4.77. The zero-order chi connectivity index (χ0) is 21.9. The molecule has 2 aromatic carbocycles. The van der Waals surface area contributed by atoms with E-state index in [4.69, 9.17) is 9.47 Å². The summed E-state index contributed by atoms with van der Waals surface area (Å²) in [4.78, 5) is 28.5. The summed E-state index contributed by atoms with van der Waals surface area (Å²) in [5, 5.41) is 0.974. The van der Waals surface area contributed by atoms with Gasteiger partial charge in [-0.15, -0.1) is 0 Å². The Hall–Kier alpha value is -3.12. The lowest BCUT2D eigenvalue weighted by atomic mass is 9.74. The Morgan fingerprint density at radius 3 is 2.48 bits per heavy atom. The summed E-state index contributed by atoms with van der Waals surface area (Å²) < 4.78 is 13.2. The molecule has 2 heterocycles. The lowest BCUT2D eigenvalue weighted by molar-refractivity contribution is -0.122. The molecule has 6 heteroatoms. The standard InChI is InChI=1S/C25H26N2O4/c1-14-10-17(31-4)12-18-20-21-19(11-15(2)23(20)26(13-30-3)22(14)18)24(28)27(25(21)29)16-8-6-5-7-9-16/h5-10,12,15,19,21H,11,13H2,1-4H3. The monoisotopic (exact) mass is 418 g/mol. The maximum absolute atomic E-state index is 13.7. The van der Waals surface area contributed by atoms with Gasteiger partial charge in [0.15, 0.2) is 0 Å². The van der Waals surface area contributed by atoms with Crippen molar-refractivity contribution in [3.05, 3.63) is 59.3 Å². The molecule has 0 N–H and O–H groups in total. The number of imide groups is 1. The minimum absolute atomic E-state index is 0.106. The molecular weight excluding hydrogens is 392 g/mol. The number of nitrogens with zero attached hydrogens (tertiary/aromatic N) is 2. The summed E-state index contributed by atoms with van der Waals surface area (Å²) in [7, 11) is 3.32. The van der Waals surface area contributed by atoms with Gasteiger partial charge in [0, 0.05) is 18.2 Å². The number of ether oxygens (including phenoxy) is 2. The molecular formula is C25H26N2O4. The van der Waals surface area contributed by atoms with Crippen molar-refractivity contribution >= 4 is 28.4 Å². The predicted octanol–water partition coefficient (Wildman–Crippen LogP) is 4.34. The van der Waals surface area contributed by atoms with Gasteiger partial charge in [0.05, 0.1) is 30.1 Å². The number of aryl methyl sites for hydroxylation is 1. The second kappa shape index (κ2) is 7.24. The number of hydrogen-bond acceptors (Lipinski definition) is 4. The van der Waals surface area contributed by atoms with E-state index in [9.17, 15) is 9.59 Å². The maximum Gasteiger partial charge on any atom is 0.242 e. The Balaban J connectivity index is 1.78. The van der Waals surface area contributed by atoms with Gasteiger partial charge in [-0.2, -0.15) is 0 Å². The fourth-order valence-corrected chi connectivity index (χ4v) is 5.57. The predicted molar refractivity (Wildman–Crippen MR) is 118 cm³/mol. The number of aromatic nitrogens is 1. The van der Waals surface area contributed by atoms with Crippen LogP contribution < -0.4 is 9.64 Å². The van der Waals surface area contributed by atoms with Crippen LogP contribution in [0.1, 0.15) is 42.0 Å². The third-order valence-electron chi connectivity index (χ3n) is 6.72. The molecule has 3 atom stereocenters. The molecule has 0 bridgehead atoms. The molecule has 1 aromatic heterocycles. The molecule has 6 nitrogen and oxygen atoms in total. The van der Waals surface area contributed by atoms with Crippen LogP contribution in [-0.2, 0) is 21.1 Å². The normalized spacial score (nSPS) is 22.7. The van der Waals surface area contributed by atoms with Crippen LogP contribution in [0.4, 0.5) is 5.69 Å². The van der Waals surface area contributed by atoms with Crippen LogP contribution in [0.15, 0.2) is 42.5 Å². The molecule has 0 radical (unpaired) electrons. The molecule has 2 aliphatic rings. The molecule has 1 fully saturated rings. The van der Waals surface area contributed by atoms with Gasteiger partial charge in [-0.3, -0.25) is 9.59 Å². The highest BCUT2D eigenvalue weighted by Crippen LogP contribution is 2.52. The number of benzene rings is 2. The van der Waals surface area contributed by atoms with Gasteiger partial charge in [-0.25, -0.2) is 4.90 Å². The Bertz CT molecular complexity index is 1200. The Kier molecular flexibility index (Phi) is 4.63. The van der Waals surface area contributed by atoms with Crippen molar-refractivity contribution in [1.29, 1.82) is 0 Å². The number of fused-ring (bicyclic) bond motifs is 5. The van der Waals surface area contributed by atoms with E-state index in [2.05, 4.69) is 11.5 Å². The number of amides is 2. The van der Waals surface area contributed by atoms with Crippen LogP contribution in [-0.4, -0.2) is 30.6 Å². The third kappa shape index (κ3) is 2.74. The van der Waals surface area contributed by atoms with E-state index in [1.165, 1.54) is 4.90 Å². The Morgan fingerprint density at radius 2 is 1.81 bits per heavy atom. The quantitative estimate of drug-likeness (QED) is 0.592. The first-order valence-electron chi connectivity index (χ1n) is 10.6. The van der Waals surface area contributed by atoms with Crippen LogP contribution in [0.3, 0.4) is 0 Å². The maximum atomic E-state index is 13.7. The highest BCUT2D eigenvalue weighted by Gasteiger charge is 2.54. The number of para-hydroxylation sites is 1. The third-order valence-corrected chi connectivity index (χ3v) is 6.72. The summed E-state index contributed by atoms with van der Waals surface area (Å²) in [6.45, 7) is 4.57. The van der Waals surface area contributed by atoms with E-state index in [0.717, 1.165) is 33.5 Å². The molecule has 2 amide bonds. The highest BCUT2D eigenvalue weighted by molar-refractivity contribution is 6.25. The van der Waals surface area contributed by atoms with Gasteiger partial charge in [-0.1, -0.05) is 25.1 Å². The summed E-state index contributed by atoms with van der Waals surface area (Å²) in [6, 6.07) is 13.2. The van der Waals surface area contributed by atoms with Gasteiger partial charge >= 0.3 is 0 Å². The largest absolute Gasteiger partial charge is 0.497 e. The second-order valence-electron chi connectivity index (χ2n) is 8.55. The van der Waals surface area contributed by atoms with Crippen LogP contribution in [0.2, 0.25) is 0 Å². The minimum Gasteiger partial charge on any atom is -0.497 e. The van der Waals surface area contributed by atoms with Gasteiger partial charge in [-0.05, 0) is 54.7 Å². The van der Waals surface area contributed by atoms with E-state index >= 15 is 0 Å². The molecule has 1 aliphatic heterocycles. The van der Waals surface area contributed by atoms with E-state index in [1.54, 1.807) is 14.2 Å². The fraction of sp³-hybridized carbons (Fsp3) is 0.360. The molecule has 1 saturated heterocycles. The highest BCUT2D eigenvalue weighted by atomic mass is 16.5. The van der Waals surface area contributed by atoms with Crippen molar-refractivity contribution < 1.29 is 19.1 Å². The number of carbonyl (C=O) groups is 2. The second-order valence-corrected chi connectivity index (χ2v) is 8.55. The molecule has 1 aliphatic carbocycles. The van der Waals surface area contributed by atoms with Crippen molar-refractivity contribution in [3.8, 4) is 5.75 Å². The lowest BCUT2D eigenvalue weighted by Crippen LogP contribution is -2.30. The van der Waals surface area contributed by atoms with Gasteiger partial charge in [0.2, 0.25) is 11.8 Å². The first kappa shape index (κ1) is 19.8. The van der Waals surface area contributed by atoms with Crippen molar-refractivity contribution in [2.24, 2.45) is 5.92 Å². The van der Waals surface area contributed by atoms with Crippen molar-refractivity contribution in [2.45, 2.75) is 38.8 Å². The number of hydrogen-bond donors (Lipinski definition) is 0. The van der Waals surface area contributed by atoms with Gasteiger partial charge in [0.25, 0.3) is 0 Å². The van der Waals surface area contributed by atoms with Crippen molar-refractivity contribution in [2.75, 3.05) is 19.1 Å².